The zero-order valence-electron chi connectivity index (χ0n) is 11.5. The molecule has 0 saturated carbocycles. The normalized spacial score (nSPS) is 18.4. The Morgan fingerprint density at radius 1 is 1.38 bits per heavy atom. The highest BCUT2D eigenvalue weighted by atomic mass is 16.5. The van der Waals surface area contributed by atoms with Crippen LogP contribution >= 0.6 is 0 Å². The molecule has 7 nitrogen and oxygen atoms in total. The van der Waals surface area contributed by atoms with Crippen molar-refractivity contribution >= 4 is 11.6 Å². The van der Waals surface area contributed by atoms with Crippen molar-refractivity contribution in [3.63, 3.8) is 0 Å². The summed E-state index contributed by atoms with van der Waals surface area (Å²) in [5.74, 6) is 0.682. The number of nitrogens with one attached hydrogen (secondary N) is 3. The molecule has 0 radical (unpaired) electrons. The number of carbonyl (C=O) groups excluding carboxylic acids is 1. The van der Waals surface area contributed by atoms with Crippen molar-refractivity contribution in [2.45, 2.75) is 12.5 Å². The van der Waals surface area contributed by atoms with E-state index in [2.05, 4.69) is 25.8 Å². The summed E-state index contributed by atoms with van der Waals surface area (Å²) in [4.78, 5) is 16.0. The fourth-order valence-electron chi connectivity index (χ4n) is 2.24. The smallest absolute Gasteiger partial charge is 0.226 e. The molecule has 1 fully saturated rings. The van der Waals surface area contributed by atoms with Gasteiger partial charge in [0.15, 0.2) is 5.82 Å². The minimum atomic E-state index is -0.0228. The van der Waals surface area contributed by atoms with E-state index in [1.165, 1.54) is 6.33 Å². The summed E-state index contributed by atoms with van der Waals surface area (Å²) in [7, 11) is 0. The maximum absolute atomic E-state index is 12.0. The second kappa shape index (κ2) is 6.47. The molecule has 3 N–H and O–H groups in total. The van der Waals surface area contributed by atoms with Gasteiger partial charge in [-0.1, -0.05) is 0 Å². The van der Waals surface area contributed by atoms with Crippen LogP contribution in [0.5, 0.6) is 0 Å². The molecule has 7 heteroatoms. The van der Waals surface area contributed by atoms with E-state index < -0.39 is 0 Å². The van der Waals surface area contributed by atoms with Gasteiger partial charge in [-0.3, -0.25) is 9.89 Å². The Morgan fingerprint density at radius 2 is 2.24 bits per heavy atom. The third kappa shape index (κ3) is 3.65. The van der Waals surface area contributed by atoms with E-state index in [1.807, 2.05) is 24.3 Å². The van der Waals surface area contributed by atoms with Crippen LogP contribution in [0, 0.1) is 0 Å². The largest absolute Gasteiger partial charge is 0.378 e. The predicted molar refractivity (Wildman–Crippen MR) is 77.7 cm³/mol. The van der Waals surface area contributed by atoms with Crippen molar-refractivity contribution in [2.24, 2.45) is 0 Å². The summed E-state index contributed by atoms with van der Waals surface area (Å²) >= 11 is 0. The van der Waals surface area contributed by atoms with Crippen molar-refractivity contribution in [3.05, 3.63) is 30.6 Å². The number of carbonyl (C=O) groups is 1. The van der Waals surface area contributed by atoms with Crippen molar-refractivity contribution in [1.29, 1.82) is 0 Å². The maximum atomic E-state index is 12.0. The number of aromatic nitrogens is 3. The van der Waals surface area contributed by atoms with Gasteiger partial charge in [-0.2, -0.15) is 5.10 Å². The van der Waals surface area contributed by atoms with Gasteiger partial charge >= 0.3 is 0 Å². The number of morpholine rings is 1. The van der Waals surface area contributed by atoms with Gasteiger partial charge in [0, 0.05) is 30.3 Å². The van der Waals surface area contributed by atoms with E-state index >= 15 is 0 Å². The lowest BCUT2D eigenvalue weighted by molar-refractivity contribution is -0.117. The number of ether oxygens (including phenoxy) is 1. The molecule has 1 aliphatic rings. The Kier molecular flexibility index (Phi) is 4.23. The average Bonchev–Trinajstić information content (AvgIpc) is 3.03. The second-order valence-corrected chi connectivity index (χ2v) is 4.89. The van der Waals surface area contributed by atoms with Crippen LogP contribution in [0.1, 0.15) is 6.42 Å². The lowest BCUT2D eigenvalue weighted by Gasteiger charge is -2.23. The topological polar surface area (TPSA) is 91.9 Å². The van der Waals surface area contributed by atoms with Gasteiger partial charge in [-0.05, 0) is 24.3 Å². The van der Waals surface area contributed by atoms with Gasteiger partial charge in [0.25, 0.3) is 0 Å². The maximum Gasteiger partial charge on any atom is 0.226 e. The van der Waals surface area contributed by atoms with Gasteiger partial charge < -0.3 is 15.4 Å². The van der Waals surface area contributed by atoms with Crippen LogP contribution in [-0.2, 0) is 9.53 Å². The van der Waals surface area contributed by atoms with E-state index in [0.717, 1.165) is 17.8 Å². The van der Waals surface area contributed by atoms with E-state index in [4.69, 9.17) is 4.74 Å². The lowest BCUT2D eigenvalue weighted by atomic mass is 10.1. The first kappa shape index (κ1) is 13.7. The second-order valence-electron chi connectivity index (χ2n) is 4.89. The van der Waals surface area contributed by atoms with Gasteiger partial charge in [0.05, 0.1) is 13.2 Å². The third-order valence-electron chi connectivity index (χ3n) is 3.29. The Morgan fingerprint density at radius 3 is 2.90 bits per heavy atom. The summed E-state index contributed by atoms with van der Waals surface area (Å²) in [6.07, 6.45) is 1.87. The predicted octanol–water partition coefficient (Wildman–Crippen LogP) is 0.789. The molecule has 110 valence electrons. The molecular formula is C14H17N5O2. The first-order valence-electron chi connectivity index (χ1n) is 6.88. The number of anilines is 1. The Labute approximate surface area is 122 Å². The highest BCUT2D eigenvalue weighted by Crippen LogP contribution is 2.17. The number of rotatable bonds is 4. The quantitative estimate of drug-likeness (QED) is 0.773. The Hall–Kier alpha value is -2.25. The molecule has 1 aliphatic heterocycles. The summed E-state index contributed by atoms with van der Waals surface area (Å²) < 4.78 is 5.33. The van der Waals surface area contributed by atoms with E-state index in [0.29, 0.717) is 25.5 Å². The molecule has 1 atom stereocenters. The fourth-order valence-corrected chi connectivity index (χ4v) is 2.24. The summed E-state index contributed by atoms with van der Waals surface area (Å²) in [5, 5.41) is 12.7. The van der Waals surface area contributed by atoms with Crippen molar-refractivity contribution in [2.75, 3.05) is 25.1 Å². The molecule has 1 saturated heterocycles. The number of benzene rings is 1. The number of H-pyrrole nitrogens is 1. The van der Waals surface area contributed by atoms with Gasteiger partial charge in [-0.15, -0.1) is 0 Å². The molecule has 1 aromatic heterocycles. The number of nitrogens with zero attached hydrogens (tertiary/aromatic N) is 2. The minimum absolute atomic E-state index is 0.0228. The number of hydrogen-bond acceptors (Lipinski definition) is 5. The molecule has 3 rings (SSSR count). The zero-order valence-corrected chi connectivity index (χ0v) is 11.5. The summed E-state index contributed by atoms with van der Waals surface area (Å²) in [6, 6.07) is 7.56. The lowest BCUT2D eigenvalue weighted by Crippen LogP contribution is -2.43. The summed E-state index contributed by atoms with van der Waals surface area (Å²) in [6.45, 7) is 2.09. The van der Waals surface area contributed by atoms with Gasteiger partial charge in [-0.25, -0.2) is 4.98 Å². The van der Waals surface area contributed by atoms with Crippen LogP contribution in [0.3, 0.4) is 0 Å². The molecule has 2 aromatic rings. The molecule has 0 aliphatic carbocycles. The molecule has 0 bridgehead atoms. The van der Waals surface area contributed by atoms with Crippen LogP contribution < -0.4 is 10.6 Å². The van der Waals surface area contributed by atoms with Crippen LogP contribution in [0.2, 0.25) is 0 Å². The molecule has 2 heterocycles. The molecule has 0 spiro atoms. The van der Waals surface area contributed by atoms with Crippen LogP contribution in [0.25, 0.3) is 11.4 Å². The molecular weight excluding hydrogens is 270 g/mol. The first-order chi connectivity index (χ1) is 10.3. The van der Waals surface area contributed by atoms with Crippen molar-refractivity contribution in [3.8, 4) is 11.4 Å². The number of amides is 1. The average molecular weight is 287 g/mol. The molecule has 1 unspecified atom stereocenters. The van der Waals surface area contributed by atoms with Crippen molar-refractivity contribution in [1.82, 2.24) is 20.5 Å². The Balaban J connectivity index is 1.56. The van der Waals surface area contributed by atoms with Crippen molar-refractivity contribution < 1.29 is 9.53 Å². The zero-order chi connectivity index (χ0) is 14.5. The monoisotopic (exact) mass is 287 g/mol. The van der Waals surface area contributed by atoms with Crippen LogP contribution in [0.4, 0.5) is 5.69 Å². The molecule has 1 amide bonds. The molecule has 21 heavy (non-hydrogen) atoms. The van der Waals surface area contributed by atoms with Crippen LogP contribution in [0.15, 0.2) is 30.6 Å². The highest BCUT2D eigenvalue weighted by Gasteiger charge is 2.16. The van der Waals surface area contributed by atoms with E-state index in [1.54, 1.807) is 0 Å². The molecule has 1 aromatic carbocycles. The minimum Gasteiger partial charge on any atom is -0.378 e. The Bertz CT molecular complexity index is 576. The number of hydrogen-bond donors (Lipinski definition) is 3. The highest BCUT2D eigenvalue weighted by molar-refractivity contribution is 5.91. The fraction of sp³-hybridized carbons (Fsp3) is 0.357. The summed E-state index contributed by atoms with van der Waals surface area (Å²) in [5.41, 5.74) is 1.69. The van der Waals surface area contributed by atoms with Crippen LogP contribution in [-0.4, -0.2) is 46.9 Å². The van der Waals surface area contributed by atoms with E-state index in [-0.39, 0.29) is 11.9 Å². The van der Waals surface area contributed by atoms with E-state index in [9.17, 15) is 4.79 Å². The third-order valence-corrected chi connectivity index (χ3v) is 3.29. The first-order valence-corrected chi connectivity index (χ1v) is 6.88. The SMILES string of the molecule is O=C(CC1COCCN1)Nc1ccc(-c2ncn[nH]2)cc1. The van der Waals surface area contributed by atoms with Gasteiger partial charge in [0.2, 0.25) is 5.91 Å². The van der Waals surface area contributed by atoms with Gasteiger partial charge in [0.1, 0.15) is 6.33 Å². The standard InChI is InChI=1S/C14H17N5O2/c20-13(7-12-8-21-6-5-15-12)18-11-3-1-10(2-4-11)14-16-9-17-19-14/h1-4,9,12,15H,5-8H2,(H,18,20)(H,16,17,19). The number of aromatic amines is 1.